The molecule has 0 radical (unpaired) electrons. The van der Waals surface area contributed by atoms with E-state index in [1.54, 1.807) is 12.1 Å². The monoisotopic (exact) mass is 420 g/mol. The predicted octanol–water partition coefficient (Wildman–Crippen LogP) is 5.68. The quantitative estimate of drug-likeness (QED) is 0.472. The van der Waals surface area contributed by atoms with Crippen LogP contribution in [0.4, 0.5) is 4.39 Å². The van der Waals surface area contributed by atoms with Gasteiger partial charge in [-0.25, -0.2) is 14.4 Å². The molecule has 0 saturated heterocycles. The van der Waals surface area contributed by atoms with E-state index in [0.29, 0.717) is 11.2 Å². The Kier molecular flexibility index (Phi) is 3.59. The number of thiophene rings is 1. The van der Waals surface area contributed by atoms with Gasteiger partial charge in [0.2, 0.25) is 0 Å². The van der Waals surface area contributed by atoms with Crippen molar-refractivity contribution < 1.29 is 4.39 Å². The molecule has 2 heterocycles. The molecule has 2 nitrogen and oxygen atoms in total. The second kappa shape index (κ2) is 5.09. The van der Waals surface area contributed by atoms with Crippen LogP contribution in [0.25, 0.3) is 22.3 Å². The van der Waals surface area contributed by atoms with Gasteiger partial charge >= 0.3 is 0 Å². The molecule has 1 aromatic carbocycles. The van der Waals surface area contributed by atoms with Gasteiger partial charge in [-0.2, -0.15) is 0 Å². The number of benzene rings is 1. The van der Waals surface area contributed by atoms with E-state index in [-0.39, 0.29) is 10.7 Å². The summed E-state index contributed by atoms with van der Waals surface area (Å²) in [6, 6.07) is 6.51. The lowest BCUT2D eigenvalue weighted by Crippen LogP contribution is -1.93. The third kappa shape index (κ3) is 2.42. The average molecular weight is 423 g/mol. The number of nitrogens with zero attached hydrogens (tertiary/aromatic N) is 2. The maximum Gasteiger partial charge on any atom is 0.163 e. The molecule has 7 heteroatoms. The maximum absolute atomic E-state index is 13.8. The summed E-state index contributed by atoms with van der Waals surface area (Å²) >= 11 is 14.4. The summed E-state index contributed by atoms with van der Waals surface area (Å²) in [7, 11) is 0. The van der Waals surface area contributed by atoms with Crippen molar-refractivity contribution in [3.63, 3.8) is 0 Å². The van der Waals surface area contributed by atoms with Crippen LogP contribution in [0.15, 0.2) is 31.8 Å². The smallest absolute Gasteiger partial charge is 0.163 e. The van der Waals surface area contributed by atoms with E-state index in [0.717, 1.165) is 13.1 Å². The summed E-state index contributed by atoms with van der Waals surface area (Å²) in [6.07, 6.45) is 0. The van der Waals surface area contributed by atoms with E-state index in [2.05, 4.69) is 41.8 Å². The Balaban J connectivity index is 2.32. The lowest BCUT2D eigenvalue weighted by Gasteiger charge is -2.04. The summed E-state index contributed by atoms with van der Waals surface area (Å²) in [5.41, 5.74) is 1.01. The Morgan fingerprint density at radius 3 is 2.68 bits per heavy atom. The highest BCUT2D eigenvalue weighted by Gasteiger charge is 2.15. The number of hydrogen-bond acceptors (Lipinski definition) is 3. The minimum Gasteiger partial charge on any atom is -0.225 e. The van der Waals surface area contributed by atoms with Crippen LogP contribution in [-0.2, 0) is 0 Å². The summed E-state index contributed by atoms with van der Waals surface area (Å²) in [6.45, 7) is 0. The Hall–Kier alpha value is -0.560. The van der Waals surface area contributed by atoms with Crippen LogP contribution in [0.2, 0.25) is 5.15 Å². The highest BCUT2D eigenvalue weighted by atomic mass is 79.9. The third-order valence-corrected chi connectivity index (χ3v) is 5.16. The fraction of sp³-hybridized carbons (Fsp3) is 0. The molecule has 0 fully saturated rings. The van der Waals surface area contributed by atoms with Crippen LogP contribution in [0, 0.1) is 5.82 Å². The van der Waals surface area contributed by atoms with Gasteiger partial charge in [0, 0.05) is 10.9 Å². The minimum atomic E-state index is -0.409. The first-order valence-corrected chi connectivity index (χ1v) is 7.91. The van der Waals surface area contributed by atoms with Crippen molar-refractivity contribution in [2.24, 2.45) is 0 Å². The van der Waals surface area contributed by atoms with E-state index in [1.165, 1.54) is 17.4 Å². The number of aromatic nitrogens is 2. The predicted molar refractivity (Wildman–Crippen MR) is 83.2 cm³/mol. The number of hydrogen-bond donors (Lipinski definition) is 0. The molecule has 0 aliphatic carbocycles. The molecule has 0 aliphatic rings. The Bertz CT molecular complexity index is 791. The van der Waals surface area contributed by atoms with Crippen molar-refractivity contribution in [3.05, 3.63) is 42.8 Å². The van der Waals surface area contributed by atoms with Gasteiger partial charge in [0.1, 0.15) is 16.5 Å². The lowest BCUT2D eigenvalue weighted by atomic mass is 10.2. The second-order valence-electron chi connectivity index (χ2n) is 3.71. The molecule has 3 aromatic rings. The molecule has 0 N–H and O–H groups in total. The molecule has 0 saturated carbocycles. The van der Waals surface area contributed by atoms with E-state index in [9.17, 15) is 4.39 Å². The Labute approximate surface area is 133 Å². The molecular weight excluding hydrogens is 418 g/mol. The van der Waals surface area contributed by atoms with Crippen LogP contribution in [-0.4, -0.2) is 9.97 Å². The first-order chi connectivity index (χ1) is 9.06. The van der Waals surface area contributed by atoms with Crippen molar-refractivity contribution >= 4 is 65.7 Å². The van der Waals surface area contributed by atoms with Gasteiger partial charge < -0.3 is 0 Å². The highest BCUT2D eigenvalue weighted by molar-refractivity contribution is 9.12. The van der Waals surface area contributed by atoms with Crippen molar-refractivity contribution in [2.45, 2.75) is 0 Å². The molecule has 0 amide bonds. The van der Waals surface area contributed by atoms with Gasteiger partial charge in [0.25, 0.3) is 0 Å². The standard InChI is InChI=1S/C12H4Br2ClFN2S/c13-8-4-6(10(14)19-8)12-17-9-5(11(15)18-12)2-1-3-7(9)16/h1-4H. The zero-order chi connectivity index (χ0) is 13.6. The van der Waals surface area contributed by atoms with Gasteiger partial charge in [-0.05, 0) is 50.1 Å². The molecule has 0 aliphatic heterocycles. The van der Waals surface area contributed by atoms with Gasteiger partial charge in [0.05, 0.1) is 7.57 Å². The van der Waals surface area contributed by atoms with E-state index >= 15 is 0 Å². The molecule has 2 aromatic heterocycles. The fourth-order valence-electron chi connectivity index (χ4n) is 1.69. The summed E-state index contributed by atoms with van der Waals surface area (Å²) in [5.74, 6) is -0.00936. The maximum atomic E-state index is 13.8. The third-order valence-electron chi connectivity index (χ3n) is 2.53. The van der Waals surface area contributed by atoms with Crippen molar-refractivity contribution in [1.29, 1.82) is 0 Å². The number of fused-ring (bicyclic) bond motifs is 1. The number of rotatable bonds is 1. The Morgan fingerprint density at radius 2 is 2.00 bits per heavy atom. The van der Waals surface area contributed by atoms with Crippen molar-refractivity contribution in [1.82, 2.24) is 9.97 Å². The second-order valence-corrected chi connectivity index (χ2v) is 7.82. The topological polar surface area (TPSA) is 25.8 Å². The van der Waals surface area contributed by atoms with Gasteiger partial charge in [0.15, 0.2) is 5.82 Å². The van der Waals surface area contributed by atoms with Crippen LogP contribution in [0.1, 0.15) is 0 Å². The van der Waals surface area contributed by atoms with Crippen molar-refractivity contribution in [2.75, 3.05) is 0 Å². The van der Waals surface area contributed by atoms with Crippen LogP contribution >= 0.6 is 54.8 Å². The number of para-hydroxylation sites is 1. The van der Waals surface area contributed by atoms with E-state index < -0.39 is 5.82 Å². The number of halogens is 4. The summed E-state index contributed by atoms with van der Waals surface area (Å²) in [4.78, 5) is 8.50. The molecule has 19 heavy (non-hydrogen) atoms. The van der Waals surface area contributed by atoms with Crippen LogP contribution in [0.3, 0.4) is 0 Å². The molecule has 3 rings (SSSR count). The zero-order valence-corrected chi connectivity index (χ0v) is 13.9. The molecule has 0 spiro atoms. The Morgan fingerprint density at radius 1 is 1.21 bits per heavy atom. The first kappa shape index (κ1) is 13.4. The molecule has 0 unspecified atom stereocenters. The average Bonchev–Trinajstić information content (AvgIpc) is 2.70. The van der Waals surface area contributed by atoms with E-state index in [4.69, 9.17) is 11.6 Å². The zero-order valence-electron chi connectivity index (χ0n) is 9.12. The molecule has 0 atom stereocenters. The largest absolute Gasteiger partial charge is 0.225 e. The fourth-order valence-corrected chi connectivity index (χ4v) is 4.71. The highest BCUT2D eigenvalue weighted by Crippen LogP contribution is 2.38. The van der Waals surface area contributed by atoms with Crippen molar-refractivity contribution in [3.8, 4) is 11.4 Å². The SMILES string of the molecule is Fc1cccc2c(Cl)nc(-c3cc(Br)sc3Br)nc12. The lowest BCUT2D eigenvalue weighted by molar-refractivity contribution is 0.636. The molecule has 0 bridgehead atoms. The normalized spacial score (nSPS) is 11.2. The van der Waals surface area contributed by atoms with E-state index in [1.807, 2.05) is 6.07 Å². The van der Waals surface area contributed by atoms with Crippen LogP contribution in [0.5, 0.6) is 0 Å². The van der Waals surface area contributed by atoms with Gasteiger partial charge in [-0.15, -0.1) is 11.3 Å². The molecular formula is C12H4Br2ClFN2S. The minimum absolute atomic E-state index is 0.228. The summed E-state index contributed by atoms with van der Waals surface area (Å²) < 4.78 is 15.6. The van der Waals surface area contributed by atoms with Gasteiger partial charge in [-0.1, -0.05) is 17.7 Å². The van der Waals surface area contributed by atoms with Gasteiger partial charge in [-0.3, -0.25) is 0 Å². The first-order valence-electron chi connectivity index (χ1n) is 5.13. The summed E-state index contributed by atoms with van der Waals surface area (Å²) in [5, 5.41) is 0.754. The molecule has 96 valence electrons. The van der Waals surface area contributed by atoms with Crippen LogP contribution < -0.4 is 0 Å².